The molecule has 2 aromatic rings. The van der Waals surface area contributed by atoms with E-state index in [1.165, 1.54) is 17.4 Å². The Hall–Kier alpha value is -3.13. The van der Waals surface area contributed by atoms with Gasteiger partial charge in [0.15, 0.2) is 0 Å². The van der Waals surface area contributed by atoms with Crippen molar-refractivity contribution in [1.82, 2.24) is 0 Å². The average molecular weight is 335 g/mol. The Morgan fingerprint density at radius 3 is 2.40 bits per heavy atom. The number of hydrogen-bond donors (Lipinski definition) is 1. The molecule has 0 aliphatic heterocycles. The number of nitriles is 1. The summed E-state index contributed by atoms with van der Waals surface area (Å²) >= 11 is 0. The summed E-state index contributed by atoms with van der Waals surface area (Å²) in [6.45, 7) is 5.54. The molecule has 0 saturated carbocycles. The van der Waals surface area contributed by atoms with Crippen LogP contribution < -0.4 is 10.2 Å². The minimum atomic E-state index is -0.321. The molecule has 25 heavy (non-hydrogen) atoms. The molecule has 0 bridgehead atoms. The summed E-state index contributed by atoms with van der Waals surface area (Å²) in [6, 6.07) is 16.3. The molecule has 2 rings (SSSR count). The Bertz CT molecular complexity index is 804. The maximum atomic E-state index is 12.3. The Kier molecular flexibility index (Phi) is 5.91. The van der Waals surface area contributed by atoms with Gasteiger partial charge in [-0.05, 0) is 41.8 Å². The van der Waals surface area contributed by atoms with E-state index in [1.807, 2.05) is 30.3 Å². The SMILES string of the molecule is CC(=O)N(CC(=O)Nc1cccc(C#N)c1)c1ccc(C(C)C)cc1. The van der Waals surface area contributed by atoms with Gasteiger partial charge in [-0.1, -0.05) is 32.0 Å². The van der Waals surface area contributed by atoms with E-state index in [1.54, 1.807) is 24.3 Å². The Balaban J connectivity index is 2.11. The smallest absolute Gasteiger partial charge is 0.244 e. The van der Waals surface area contributed by atoms with Crippen molar-refractivity contribution in [2.75, 3.05) is 16.8 Å². The average Bonchev–Trinajstić information content (AvgIpc) is 2.59. The number of nitrogens with zero attached hydrogens (tertiary/aromatic N) is 2. The Morgan fingerprint density at radius 1 is 1.16 bits per heavy atom. The lowest BCUT2D eigenvalue weighted by atomic mass is 10.0. The van der Waals surface area contributed by atoms with E-state index in [2.05, 4.69) is 19.2 Å². The van der Waals surface area contributed by atoms with Gasteiger partial charge in [0.1, 0.15) is 6.54 Å². The molecule has 0 radical (unpaired) electrons. The second-order valence-corrected chi connectivity index (χ2v) is 6.09. The molecule has 0 fully saturated rings. The van der Waals surface area contributed by atoms with Crippen molar-refractivity contribution in [3.63, 3.8) is 0 Å². The van der Waals surface area contributed by atoms with Crippen LogP contribution in [0.2, 0.25) is 0 Å². The molecule has 2 aromatic carbocycles. The highest BCUT2D eigenvalue weighted by Gasteiger charge is 2.16. The van der Waals surface area contributed by atoms with Crippen LogP contribution in [0.5, 0.6) is 0 Å². The quantitative estimate of drug-likeness (QED) is 0.906. The molecule has 1 N–H and O–H groups in total. The van der Waals surface area contributed by atoms with Gasteiger partial charge in [0.25, 0.3) is 0 Å². The minimum absolute atomic E-state index is 0.0901. The third-order valence-corrected chi connectivity index (χ3v) is 3.83. The molecule has 5 heteroatoms. The number of carbonyl (C=O) groups is 2. The standard InChI is InChI=1S/C20H21N3O2/c1-14(2)17-7-9-19(10-8-17)23(15(3)24)13-20(25)22-18-6-4-5-16(11-18)12-21/h4-11,14H,13H2,1-3H3,(H,22,25). The molecule has 5 nitrogen and oxygen atoms in total. The highest BCUT2D eigenvalue weighted by molar-refractivity contribution is 6.01. The van der Waals surface area contributed by atoms with Crippen molar-refractivity contribution in [3.8, 4) is 6.07 Å². The predicted octanol–water partition coefficient (Wildman–Crippen LogP) is 3.67. The first kappa shape index (κ1) is 18.2. The van der Waals surface area contributed by atoms with Gasteiger partial charge in [-0.2, -0.15) is 5.26 Å². The van der Waals surface area contributed by atoms with Crippen LogP contribution in [-0.4, -0.2) is 18.4 Å². The van der Waals surface area contributed by atoms with Crippen molar-refractivity contribution in [1.29, 1.82) is 5.26 Å². The maximum absolute atomic E-state index is 12.3. The molecular weight excluding hydrogens is 314 g/mol. The first-order chi connectivity index (χ1) is 11.9. The van der Waals surface area contributed by atoms with Crippen molar-refractivity contribution < 1.29 is 9.59 Å². The maximum Gasteiger partial charge on any atom is 0.244 e. The molecule has 0 aliphatic carbocycles. The highest BCUT2D eigenvalue weighted by atomic mass is 16.2. The summed E-state index contributed by atoms with van der Waals surface area (Å²) in [5, 5.41) is 11.6. The van der Waals surface area contributed by atoms with Crippen molar-refractivity contribution >= 4 is 23.2 Å². The van der Waals surface area contributed by atoms with E-state index in [4.69, 9.17) is 5.26 Å². The van der Waals surface area contributed by atoms with Gasteiger partial charge in [0, 0.05) is 18.3 Å². The summed E-state index contributed by atoms with van der Waals surface area (Å²) in [7, 11) is 0. The largest absolute Gasteiger partial charge is 0.324 e. The Labute approximate surface area is 147 Å². The zero-order chi connectivity index (χ0) is 18.4. The Morgan fingerprint density at radius 2 is 1.84 bits per heavy atom. The minimum Gasteiger partial charge on any atom is -0.324 e. The number of benzene rings is 2. The molecule has 0 spiro atoms. The topological polar surface area (TPSA) is 73.2 Å². The third kappa shape index (κ3) is 4.92. The van der Waals surface area contributed by atoms with Crippen LogP contribution in [0, 0.1) is 11.3 Å². The molecule has 128 valence electrons. The fourth-order valence-corrected chi connectivity index (χ4v) is 2.43. The van der Waals surface area contributed by atoms with Crippen LogP contribution in [0.4, 0.5) is 11.4 Å². The normalized spacial score (nSPS) is 10.2. The van der Waals surface area contributed by atoms with Crippen LogP contribution in [0.15, 0.2) is 48.5 Å². The summed E-state index contributed by atoms with van der Waals surface area (Å²) in [6.07, 6.45) is 0. The lowest BCUT2D eigenvalue weighted by Crippen LogP contribution is -2.36. The van der Waals surface area contributed by atoms with Gasteiger partial charge >= 0.3 is 0 Å². The molecular formula is C20H21N3O2. The van der Waals surface area contributed by atoms with E-state index < -0.39 is 0 Å². The van der Waals surface area contributed by atoms with E-state index >= 15 is 0 Å². The van der Waals surface area contributed by atoms with Crippen molar-refractivity contribution in [2.24, 2.45) is 0 Å². The summed E-state index contributed by atoms with van der Waals surface area (Å²) < 4.78 is 0. The van der Waals surface area contributed by atoms with Crippen LogP contribution >= 0.6 is 0 Å². The van der Waals surface area contributed by atoms with Gasteiger partial charge in [-0.3, -0.25) is 9.59 Å². The number of hydrogen-bond acceptors (Lipinski definition) is 3. The fraction of sp³-hybridized carbons (Fsp3) is 0.250. The van der Waals surface area contributed by atoms with E-state index in [9.17, 15) is 9.59 Å². The molecule has 0 unspecified atom stereocenters. The third-order valence-electron chi connectivity index (χ3n) is 3.83. The first-order valence-electron chi connectivity index (χ1n) is 8.08. The second-order valence-electron chi connectivity index (χ2n) is 6.09. The number of amides is 2. The van der Waals surface area contributed by atoms with Crippen LogP contribution in [0.25, 0.3) is 0 Å². The number of carbonyl (C=O) groups excluding carboxylic acids is 2. The second kappa shape index (κ2) is 8.11. The van der Waals surface area contributed by atoms with E-state index in [0.29, 0.717) is 22.9 Å². The van der Waals surface area contributed by atoms with Crippen molar-refractivity contribution in [2.45, 2.75) is 26.7 Å². The lowest BCUT2D eigenvalue weighted by molar-refractivity contribution is -0.120. The monoisotopic (exact) mass is 335 g/mol. The molecule has 0 atom stereocenters. The number of rotatable bonds is 5. The van der Waals surface area contributed by atoms with Crippen LogP contribution in [0.3, 0.4) is 0 Å². The molecule has 0 aliphatic rings. The summed E-state index contributed by atoms with van der Waals surface area (Å²) in [5.74, 6) is -0.132. The summed E-state index contributed by atoms with van der Waals surface area (Å²) in [4.78, 5) is 25.7. The van der Waals surface area contributed by atoms with Crippen LogP contribution in [-0.2, 0) is 9.59 Å². The summed E-state index contributed by atoms with van der Waals surface area (Å²) in [5.41, 5.74) is 2.84. The molecule has 0 heterocycles. The van der Waals surface area contributed by atoms with E-state index in [0.717, 1.165) is 0 Å². The van der Waals surface area contributed by atoms with Gasteiger partial charge in [-0.15, -0.1) is 0 Å². The van der Waals surface area contributed by atoms with Crippen molar-refractivity contribution in [3.05, 3.63) is 59.7 Å². The van der Waals surface area contributed by atoms with Gasteiger partial charge < -0.3 is 10.2 Å². The number of anilines is 2. The fourth-order valence-electron chi connectivity index (χ4n) is 2.43. The zero-order valence-electron chi connectivity index (χ0n) is 14.6. The van der Waals surface area contributed by atoms with Crippen LogP contribution in [0.1, 0.15) is 37.8 Å². The highest BCUT2D eigenvalue weighted by Crippen LogP contribution is 2.20. The predicted molar refractivity (Wildman–Crippen MR) is 98.3 cm³/mol. The number of nitrogens with one attached hydrogen (secondary N) is 1. The lowest BCUT2D eigenvalue weighted by Gasteiger charge is -2.21. The van der Waals surface area contributed by atoms with E-state index in [-0.39, 0.29) is 18.4 Å². The zero-order valence-corrected chi connectivity index (χ0v) is 14.6. The van der Waals surface area contributed by atoms with Gasteiger partial charge in [0.2, 0.25) is 11.8 Å². The van der Waals surface area contributed by atoms with Gasteiger partial charge in [0.05, 0.1) is 11.6 Å². The first-order valence-corrected chi connectivity index (χ1v) is 8.08. The molecule has 0 saturated heterocycles. The molecule has 2 amide bonds. The van der Waals surface area contributed by atoms with Gasteiger partial charge in [-0.25, -0.2) is 0 Å². The molecule has 0 aromatic heterocycles.